The first kappa shape index (κ1) is 27.4. The molecular formula is C31H34F2N6O3. The number of rotatable bonds is 7. The second-order valence-electron chi connectivity index (χ2n) is 11.4. The Morgan fingerprint density at radius 2 is 1.71 bits per heavy atom. The number of morpholine rings is 2. The molecule has 7 rings (SSSR count). The monoisotopic (exact) mass is 576 g/mol. The van der Waals surface area contributed by atoms with E-state index in [0.717, 1.165) is 30.7 Å². The molecule has 3 fully saturated rings. The molecule has 0 atom stereocenters. The summed E-state index contributed by atoms with van der Waals surface area (Å²) < 4.78 is 48.7. The van der Waals surface area contributed by atoms with Crippen molar-refractivity contribution in [1.29, 1.82) is 0 Å². The van der Waals surface area contributed by atoms with Crippen molar-refractivity contribution in [1.82, 2.24) is 24.3 Å². The number of hydrogen-bond donors (Lipinski definition) is 1. The van der Waals surface area contributed by atoms with Crippen LogP contribution in [0.2, 0.25) is 0 Å². The summed E-state index contributed by atoms with van der Waals surface area (Å²) in [6.45, 7) is 9.34. The second kappa shape index (κ2) is 11.3. The van der Waals surface area contributed by atoms with Crippen LogP contribution in [0, 0.1) is 18.6 Å². The van der Waals surface area contributed by atoms with Crippen LogP contribution in [-0.4, -0.2) is 89.1 Å². The van der Waals surface area contributed by atoms with Gasteiger partial charge in [0.1, 0.15) is 22.9 Å². The van der Waals surface area contributed by atoms with Crippen LogP contribution in [0.25, 0.3) is 16.7 Å². The summed E-state index contributed by atoms with van der Waals surface area (Å²) >= 11 is 0. The zero-order valence-corrected chi connectivity index (χ0v) is 23.6. The summed E-state index contributed by atoms with van der Waals surface area (Å²) in [5.74, 6) is -0.748. The predicted octanol–water partition coefficient (Wildman–Crippen LogP) is 4.18. The van der Waals surface area contributed by atoms with E-state index in [2.05, 4.69) is 34.3 Å². The van der Waals surface area contributed by atoms with Gasteiger partial charge in [-0.05, 0) is 48.4 Å². The number of nitrogens with one attached hydrogen (secondary N) is 1. The van der Waals surface area contributed by atoms with Crippen molar-refractivity contribution in [2.75, 3.05) is 64.5 Å². The Balaban J connectivity index is 1.10. The minimum Gasteiger partial charge on any atom is -0.379 e. The van der Waals surface area contributed by atoms with E-state index in [1.54, 1.807) is 17.0 Å². The van der Waals surface area contributed by atoms with Gasteiger partial charge in [0.2, 0.25) is 5.95 Å². The average molecular weight is 577 g/mol. The Kier molecular flexibility index (Phi) is 7.37. The lowest BCUT2D eigenvalue weighted by Gasteiger charge is -2.47. The van der Waals surface area contributed by atoms with Crippen LogP contribution >= 0.6 is 0 Å². The molecule has 5 heterocycles. The molecule has 0 aliphatic carbocycles. The van der Waals surface area contributed by atoms with Crippen LogP contribution in [0.3, 0.4) is 0 Å². The van der Waals surface area contributed by atoms with Gasteiger partial charge in [-0.1, -0.05) is 6.07 Å². The van der Waals surface area contributed by atoms with E-state index in [1.165, 1.54) is 23.3 Å². The normalized spacial score (nSPS) is 19.3. The van der Waals surface area contributed by atoms with E-state index in [1.807, 2.05) is 17.0 Å². The number of benzene rings is 2. The van der Waals surface area contributed by atoms with Gasteiger partial charge in [0.25, 0.3) is 0 Å². The number of halogens is 2. The first-order chi connectivity index (χ1) is 20.4. The zero-order chi connectivity index (χ0) is 28.7. The highest BCUT2D eigenvalue weighted by Gasteiger charge is 2.43. The maximum Gasteiger partial charge on any atom is 0.229 e. The standard InChI is InChI=1S/C31H34F2N6O3/c1-21-2-3-24(12-23(21)16-38-8-11-42-31(18-38)19-41-20-31)35-30-34-15-22-4-5-39(29(22)36-30)25-13-27(32)26(28(33)14-25)17-37-6-9-40-10-7-37/h2-5,12-15H,6-11,16-20H2,1H3,(H,34,35,36). The molecule has 1 N–H and O–H groups in total. The summed E-state index contributed by atoms with van der Waals surface area (Å²) in [6.07, 6.45) is 3.47. The fourth-order valence-corrected chi connectivity index (χ4v) is 5.90. The van der Waals surface area contributed by atoms with E-state index in [9.17, 15) is 0 Å². The second-order valence-corrected chi connectivity index (χ2v) is 11.4. The molecule has 4 aromatic rings. The van der Waals surface area contributed by atoms with Crippen LogP contribution in [0.1, 0.15) is 16.7 Å². The summed E-state index contributed by atoms with van der Waals surface area (Å²) in [4.78, 5) is 13.6. The Morgan fingerprint density at radius 3 is 2.48 bits per heavy atom. The predicted molar refractivity (Wildman–Crippen MR) is 154 cm³/mol. The molecule has 42 heavy (non-hydrogen) atoms. The molecule has 220 valence electrons. The van der Waals surface area contributed by atoms with E-state index in [0.29, 0.717) is 63.4 Å². The molecule has 3 saturated heterocycles. The third kappa shape index (κ3) is 5.50. The molecular weight excluding hydrogens is 542 g/mol. The number of aromatic nitrogens is 3. The first-order valence-electron chi connectivity index (χ1n) is 14.4. The minimum absolute atomic E-state index is 0.0672. The largest absolute Gasteiger partial charge is 0.379 e. The summed E-state index contributed by atoms with van der Waals surface area (Å²) in [6, 6.07) is 10.8. The third-order valence-corrected chi connectivity index (χ3v) is 8.37. The van der Waals surface area contributed by atoms with Gasteiger partial charge in [-0.3, -0.25) is 9.80 Å². The van der Waals surface area contributed by atoms with Gasteiger partial charge >= 0.3 is 0 Å². The molecule has 9 nitrogen and oxygen atoms in total. The topological polar surface area (TPSA) is 76.9 Å². The molecule has 3 aliphatic heterocycles. The summed E-state index contributed by atoms with van der Waals surface area (Å²) in [5.41, 5.74) is 4.12. The van der Waals surface area contributed by atoms with Gasteiger partial charge in [0, 0.05) is 68.3 Å². The average Bonchev–Trinajstić information content (AvgIpc) is 3.40. The van der Waals surface area contributed by atoms with E-state index >= 15 is 8.78 Å². The van der Waals surface area contributed by atoms with Crippen LogP contribution in [0.5, 0.6) is 0 Å². The lowest BCUT2D eigenvalue weighted by molar-refractivity contribution is -0.238. The third-order valence-electron chi connectivity index (χ3n) is 8.37. The number of anilines is 2. The van der Waals surface area contributed by atoms with Gasteiger partial charge in [-0.2, -0.15) is 4.98 Å². The maximum absolute atomic E-state index is 15.2. The molecule has 3 aliphatic rings. The highest BCUT2D eigenvalue weighted by molar-refractivity contribution is 5.79. The Hall–Kier alpha value is -3.48. The van der Waals surface area contributed by atoms with Crippen molar-refractivity contribution in [3.8, 4) is 5.69 Å². The zero-order valence-electron chi connectivity index (χ0n) is 23.6. The molecule has 2 aromatic carbocycles. The fourth-order valence-electron chi connectivity index (χ4n) is 5.90. The van der Waals surface area contributed by atoms with Crippen molar-refractivity contribution < 1.29 is 23.0 Å². The van der Waals surface area contributed by atoms with Crippen molar-refractivity contribution in [3.63, 3.8) is 0 Å². The van der Waals surface area contributed by atoms with Gasteiger partial charge in [-0.25, -0.2) is 13.8 Å². The molecule has 2 aromatic heterocycles. The maximum atomic E-state index is 15.2. The first-order valence-corrected chi connectivity index (χ1v) is 14.4. The van der Waals surface area contributed by atoms with E-state index < -0.39 is 11.6 Å². The van der Waals surface area contributed by atoms with Crippen molar-refractivity contribution >= 4 is 22.7 Å². The fraction of sp³-hybridized carbons (Fsp3) is 0.419. The quantitative estimate of drug-likeness (QED) is 0.351. The SMILES string of the molecule is Cc1ccc(Nc2ncc3ccn(-c4cc(F)c(CN5CCOCC5)c(F)c4)c3n2)cc1CN1CCOC2(COC2)C1. The summed E-state index contributed by atoms with van der Waals surface area (Å²) in [7, 11) is 0. The van der Waals surface area contributed by atoms with Crippen LogP contribution in [-0.2, 0) is 27.3 Å². The molecule has 0 amide bonds. The molecule has 0 bridgehead atoms. The van der Waals surface area contributed by atoms with Crippen LogP contribution < -0.4 is 5.32 Å². The van der Waals surface area contributed by atoms with Gasteiger partial charge < -0.3 is 24.1 Å². The molecule has 0 unspecified atom stereocenters. The Morgan fingerprint density at radius 1 is 0.929 bits per heavy atom. The van der Waals surface area contributed by atoms with Crippen molar-refractivity contribution in [2.45, 2.75) is 25.6 Å². The molecule has 0 saturated carbocycles. The van der Waals surface area contributed by atoms with E-state index in [-0.39, 0.29) is 17.7 Å². The molecule has 1 spiro atoms. The number of aryl methyl sites for hydroxylation is 1. The number of nitrogens with zero attached hydrogens (tertiary/aromatic N) is 5. The lowest BCUT2D eigenvalue weighted by Crippen LogP contribution is -2.62. The Labute approximate surface area is 243 Å². The van der Waals surface area contributed by atoms with Crippen molar-refractivity contribution in [3.05, 3.63) is 77.1 Å². The highest BCUT2D eigenvalue weighted by atomic mass is 19.1. The molecule has 0 radical (unpaired) electrons. The van der Waals surface area contributed by atoms with E-state index in [4.69, 9.17) is 19.2 Å². The highest BCUT2D eigenvalue weighted by Crippen LogP contribution is 2.29. The lowest BCUT2D eigenvalue weighted by atomic mass is 9.98. The minimum atomic E-state index is -0.575. The van der Waals surface area contributed by atoms with Crippen LogP contribution in [0.4, 0.5) is 20.4 Å². The van der Waals surface area contributed by atoms with Gasteiger partial charge in [-0.15, -0.1) is 0 Å². The smallest absolute Gasteiger partial charge is 0.229 e. The Bertz CT molecular complexity index is 1580. The van der Waals surface area contributed by atoms with Crippen LogP contribution in [0.15, 0.2) is 48.8 Å². The summed E-state index contributed by atoms with van der Waals surface area (Å²) in [5, 5.41) is 4.09. The number of hydrogen-bond acceptors (Lipinski definition) is 8. The number of ether oxygens (including phenoxy) is 3. The number of fused-ring (bicyclic) bond motifs is 1. The van der Waals surface area contributed by atoms with Gasteiger partial charge in [0.05, 0.1) is 38.7 Å². The van der Waals surface area contributed by atoms with Gasteiger partial charge in [0.15, 0.2) is 0 Å². The van der Waals surface area contributed by atoms with Crippen molar-refractivity contribution in [2.24, 2.45) is 0 Å². The molecule has 11 heteroatoms.